The summed E-state index contributed by atoms with van der Waals surface area (Å²) in [6, 6.07) is 76.9. The second-order valence-corrected chi connectivity index (χ2v) is 15.7. The van der Waals surface area contributed by atoms with Gasteiger partial charge in [-0.1, -0.05) is 146 Å². The Hall–Kier alpha value is -8.54. The quantitative estimate of drug-likeness (QED) is 0.143. The molecule has 0 aliphatic carbocycles. The topological polar surface area (TPSA) is 41.5 Å². The standard InChI is InChI=1S/C58H38N4O/c1-3-18-39(19-4-1)42-22-9-11-27-51(42)61(56-30-13-15-34-59-56)41-32-33-46-50-37-48-44-24-7-8-25-45(44)53(38-49(48)47-26-17-29-54(58(47)50)63-55(46)36-41)62(57-31-14-16-35-60-57)52-28-12-10-23-43(52)40-20-5-2-6-21-40/h1-38H. The minimum atomic E-state index is 0.796. The van der Waals surface area contributed by atoms with Gasteiger partial charge in [-0.2, -0.15) is 0 Å². The fraction of sp³-hybridized carbons (Fsp3) is 0. The van der Waals surface area contributed by atoms with Crippen molar-refractivity contribution in [3.05, 3.63) is 231 Å². The number of fused-ring (bicyclic) bond motifs is 6. The van der Waals surface area contributed by atoms with E-state index in [1.807, 2.05) is 30.6 Å². The normalized spacial score (nSPS) is 11.6. The van der Waals surface area contributed by atoms with Crippen LogP contribution < -0.4 is 14.5 Å². The van der Waals surface area contributed by atoms with E-state index in [9.17, 15) is 0 Å². The molecule has 12 rings (SSSR count). The molecule has 0 radical (unpaired) electrons. The largest absolute Gasteiger partial charge is 0.456 e. The first kappa shape index (κ1) is 36.3. The molecular weight excluding hydrogens is 769 g/mol. The third-order valence-corrected chi connectivity index (χ3v) is 12.1. The summed E-state index contributed by atoms with van der Waals surface area (Å²) in [7, 11) is 0. The lowest BCUT2D eigenvalue weighted by Crippen LogP contribution is -2.13. The van der Waals surface area contributed by atoms with E-state index in [0.29, 0.717) is 0 Å². The number of nitrogens with zero attached hydrogens (tertiary/aromatic N) is 4. The van der Waals surface area contributed by atoms with Crippen molar-refractivity contribution in [3.63, 3.8) is 0 Å². The summed E-state index contributed by atoms with van der Waals surface area (Å²) >= 11 is 0. The molecule has 0 bridgehead atoms. The van der Waals surface area contributed by atoms with Crippen LogP contribution in [0.15, 0.2) is 231 Å². The lowest BCUT2D eigenvalue weighted by Gasteiger charge is -2.30. The third-order valence-electron chi connectivity index (χ3n) is 12.1. The maximum Gasteiger partial charge on any atom is 0.137 e. The number of ether oxygens (including phenoxy) is 1. The number of para-hydroxylation sites is 2. The highest BCUT2D eigenvalue weighted by molar-refractivity contribution is 6.26. The van der Waals surface area contributed by atoms with Crippen LogP contribution in [0.4, 0.5) is 34.4 Å². The van der Waals surface area contributed by atoms with Gasteiger partial charge >= 0.3 is 0 Å². The summed E-state index contributed by atoms with van der Waals surface area (Å²) in [6.07, 6.45) is 3.71. The molecule has 9 aromatic carbocycles. The first-order valence-electron chi connectivity index (χ1n) is 21.2. The van der Waals surface area contributed by atoms with Gasteiger partial charge in [-0.15, -0.1) is 0 Å². The first-order valence-corrected chi connectivity index (χ1v) is 21.2. The third kappa shape index (κ3) is 6.17. The molecule has 0 atom stereocenters. The van der Waals surface area contributed by atoms with Crippen molar-refractivity contribution < 1.29 is 4.74 Å². The van der Waals surface area contributed by atoms with Crippen molar-refractivity contribution in [1.82, 2.24) is 9.97 Å². The average molecular weight is 807 g/mol. The summed E-state index contributed by atoms with van der Waals surface area (Å²) in [5.74, 6) is 3.28. The van der Waals surface area contributed by atoms with Crippen molar-refractivity contribution in [2.24, 2.45) is 0 Å². The molecule has 0 amide bonds. The van der Waals surface area contributed by atoms with Crippen LogP contribution in [-0.4, -0.2) is 9.97 Å². The van der Waals surface area contributed by atoms with Gasteiger partial charge in [0.15, 0.2) is 0 Å². The van der Waals surface area contributed by atoms with Crippen LogP contribution >= 0.6 is 0 Å². The maximum atomic E-state index is 6.98. The number of aromatic nitrogens is 2. The van der Waals surface area contributed by atoms with Crippen molar-refractivity contribution in [2.45, 2.75) is 0 Å². The van der Waals surface area contributed by atoms with E-state index >= 15 is 0 Å². The molecule has 2 aromatic heterocycles. The van der Waals surface area contributed by atoms with Crippen LogP contribution in [0.25, 0.3) is 65.7 Å². The zero-order valence-corrected chi connectivity index (χ0v) is 34.1. The minimum absolute atomic E-state index is 0.796. The van der Waals surface area contributed by atoms with Gasteiger partial charge in [0.05, 0.1) is 22.7 Å². The summed E-state index contributed by atoms with van der Waals surface area (Å²) in [6.45, 7) is 0. The Morgan fingerprint density at radius 3 is 1.54 bits per heavy atom. The fourth-order valence-corrected chi connectivity index (χ4v) is 9.37. The van der Waals surface area contributed by atoms with Crippen LogP contribution in [0.3, 0.4) is 0 Å². The van der Waals surface area contributed by atoms with Gasteiger partial charge in [-0.3, -0.25) is 9.80 Å². The predicted octanol–water partition coefficient (Wildman–Crippen LogP) is 16.0. The number of benzene rings is 9. The molecule has 0 N–H and O–H groups in total. The Labute approximate surface area is 365 Å². The Morgan fingerprint density at radius 1 is 0.317 bits per heavy atom. The maximum absolute atomic E-state index is 6.98. The number of rotatable bonds is 8. The van der Waals surface area contributed by atoms with Gasteiger partial charge in [0.25, 0.3) is 0 Å². The second-order valence-electron chi connectivity index (χ2n) is 15.7. The van der Waals surface area contributed by atoms with Gasteiger partial charge in [0.2, 0.25) is 0 Å². The molecule has 3 heterocycles. The number of hydrogen-bond donors (Lipinski definition) is 0. The number of pyridine rings is 2. The first-order chi connectivity index (χ1) is 31.3. The van der Waals surface area contributed by atoms with E-state index in [4.69, 9.17) is 14.7 Å². The van der Waals surface area contributed by atoms with Gasteiger partial charge in [-0.25, -0.2) is 9.97 Å². The number of anilines is 6. The van der Waals surface area contributed by atoms with Crippen molar-refractivity contribution in [3.8, 4) is 44.9 Å². The molecule has 5 nitrogen and oxygen atoms in total. The molecule has 0 fully saturated rings. The molecule has 5 heteroatoms. The summed E-state index contributed by atoms with van der Waals surface area (Å²) in [4.78, 5) is 14.4. The average Bonchev–Trinajstić information content (AvgIpc) is 3.36. The zero-order valence-electron chi connectivity index (χ0n) is 34.1. The molecule has 11 aromatic rings. The molecule has 63 heavy (non-hydrogen) atoms. The summed E-state index contributed by atoms with van der Waals surface area (Å²) < 4.78 is 6.98. The van der Waals surface area contributed by atoms with Gasteiger partial charge in [0, 0.05) is 45.9 Å². The van der Waals surface area contributed by atoms with Crippen LogP contribution in [-0.2, 0) is 0 Å². The lowest BCUT2D eigenvalue weighted by molar-refractivity contribution is 0.487. The molecule has 296 valence electrons. The van der Waals surface area contributed by atoms with Gasteiger partial charge < -0.3 is 4.74 Å². The molecule has 1 aliphatic heterocycles. The van der Waals surface area contributed by atoms with E-state index in [1.54, 1.807) is 0 Å². The Kier molecular flexibility index (Phi) is 8.75. The lowest BCUT2D eigenvalue weighted by atomic mass is 9.88. The Balaban J connectivity index is 1.07. The van der Waals surface area contributed by atoms with Crippen molar-refractivity contribution >= 4 is 66.7 Å². The van der Waals surface area contributed by atoms with Crippen molar-refractivity contribution in [2.75, 3.05) is 9.80 Å². The number of hydrogen-bond acceptors (Lipinski definition) is 5. The highest BCUT2D eigenvalue weighted by Crippen LogP contribution is 2.53. The van der Waals surface area contributed by atoms with Crippen molar-refractivity contribution in [1.29, 1.82) is 0 Å². The molecular formula is C58H38N4O. The van der Waals surface area contributed by atoms with Gasteiger partial charge in [-0.05, 0) is 105 Å². The SMILES string of the molecule is c1ccc(-c2ccccc2N(c2ccc3c(c2)Oc2cccc4c2c-3cc2c3ccccc3c(N(c3ccccn3)c3ccccc3-c3ccccc3)cc42)c2ccccn2)cc1. The van der Waals surface area contributed by atoms with E-state index in [-0.39, 0.29) is 0 Å². The molecule has 0 spiro atoms. The van der Waals surface area contributed by atoms with Crippen LogP contribution in [0.1, 0.15) is 0 Å². The second kappa shape index (κ2) is 15.2. The van der Waals surface area contributed by atoms with Crippen LogP contribution in [0.5, 0.6) is 11.5 Å². The smallest absolute Gasteiger partial charge is 0.137 e. The van der Waals surface area contributed by atoms with E-state index in [0.717, 1.165) is 106 Å². The zero-order chi connectivity index (χ0) is 41.7. The Morgan fingerprint density at radius 2 is 0.873 bits per heavy atom. The van der Waals surface area contributed by atoms with Gasteiger partial charge in [0.1, 0.15) is 23.1 Å². The Bertz CT molecular complexity index is 3490. The van der Waals surface area contributed by atoms with E-state index in [2.05, 4.69) is 210 Å². The summed E-state index contributed by atoms with van der Waals surface area (Å²) in [5, 5.41) is 6.84. The highest BCUT2D eigenvalue weighted by Gasteiger charge is 2.27. The van der Waals surface area contributed by atoms with E-state index < -0.39 is 0 Å². The molecule has 0 unspecified atom stereocenters. The monoisotopic (exact) mass is 806 g/mol. The fourth-order valence-electron chi connectivity index (χ4n) is 9.37. The van der Waals surface area contributed by atoms with Crippen LogP contribution in [0, 0.1) is 0 Å². The molecule has 0 saturated heterocycles. The molecule has 0 saturated carbocycles. The predicted molar refractivity (Wildman–Crippen MR) is 260 cm³/mol. The minimum Gasteiger partial charge on any atom is -0.456 e. The molecule has 1 aliphatic rings. The van der Waals surface area contributed by atoms with E-state index in [1.165, 1.54) is 5.39 Å². The summed E-state index contributed by atoms with van der Waals surface area (Å²) in [5.41, 5.74) is 10.8. The highest BCUT2D eigenvalue weighted by atomic mass is 16.5. The van der Waals surface area contributed by atoms with Crippen LogP contribution in [0.2, 0.25) is 0 Å².